The SMILES string of the molecule is NC(=O)[C@H](CC1CCCCC1)NC(=O)[C@H]1CNCCN1C(=O)C1CCNCC1. The molecule has 2 heterocycles. The molecule has 8 nitrogen and oxygen atoms in total. The summed E-state index contributed by atoms with van der Waals surface area (Å²) in [6.07, 6.45) is 7.99. The van der Waals surface area contributed by atoms with E-state index in [2.05, 4.69) is 16.0 Å². The first-order valence-corrected chi connectivity index (χ1v) is 10.9. The molecular weight excluding hydrogens is 358 g/mol. The molecule has 0 aromatic carbocycles. The minimum Gasteiger partial charge on any atom is -0.368 e. The maximum Gasteiger partial charge on any atom is 0.244 e. The predicted octanol–water partition coefficient (Wildman–Crippen LogP) is -0.273. The summed E-state index contributed by atoms with van der Waals surface area (Å²) in [6, 6.07) is -1.24. The molecule has 1 aliphatic carbocycles. The quantitative estimate of drug-likeness (QED) is 0.496. The average molecular weight is 394 g/mol. The molecule has 2 atom stereocenters. The van der Waals surface area contributed by atoms with Crippen molar-refractivity contribution in [3.8, 4) is 0 Å². The van der Waals surface area contributed by atoms with Crippen LogP contribution < -0.4 is 21.7 Å². The molecule has 0 aromatic heterocycles. The van der Waals surface area contributed by atoms with Crippen LogP contribution in [0.15, 0.2) is 0 Å². The van der Waals surface area contributed by atoms with Gasteiger partial charge in [-0.15, -0.1) is 0 Å². The number of piperazine rings is 1. The van der Waals surface area contributed by atoms with Gasteiger partial charge in [0, 0.05) is 25.6 Å². The molecule has 28 heavy (non-hydrogen) atoms. The first-order chi connectivity index (χ1) is 13.6. The van der Waals surface area contributed by atoms with Crippen LogP contribution in [-0.2, 0) is 14.4 Å². The van der Waals surface area contributed by atoms with Crippen molar-refractivity contribution in [1.29, 1.82) is 0 Å². The van der Waals surface area contributed by atoms with Crippen molar-refractivity contribution < 1.29 is 14.4 Å². The van der Waals surface area contributed by atoms with Crippen LogP contribution in [-0.4, -0.2) is 67.4 Å². The Kier molecular flexibility index (Phi) is 7.67. The predicted molar refractivity (Wildman–Crippen MR) is 106 cm³/mol. The van der Waals surface area contributed by atoms with Gasteiger partial charge in [0.1, 0.15) is 12.1 Å². The zero-order valence-electron chi connectivity index (χ0n) is 16.8. The Morgan fingerprint density at radius 1 is 1.00 bits per heavy atom. The highest BCUT2D eigenvalue weighted by Gasteiger charge is 2.37. The van der Waals surface area contributed by atoms with Gasteiger partial charge in [0.25, 0.3) is 0 Å². The molecule has 1 saturated carbocycles. The molecule has 2 aliphatic heterocycles. The Labute approximate surface area is 167 Å². The number of hydrogen-bond donors (Lipinski definition) is 4. The van der Waals surface area contributed by atoms with Crippen LogP contribution in [0.2, 0.25) is 0 Å². The lowest BCUT2D eigenvalue weighted by Gasteiger charge is -2.38. The fraction of sp³-hybridized carbons (Fsp3) is 0.850. The summed E-state index contributed by atoms with van der Waals surface area (Å²) in [5, 5.41) is 9.34. The molecule has 0 bridgehead atoms. The van der Waals surface area contributed by atoms with Crippen molar-refractivity contribution in [1.82, 2.24) is 20.9 Å². The first-order valence-electron chi connectivity index (χ1n) is 10.9. The Hall–Kier alpha value is -1.67. The number of nitrogens with two attached hydrogens (primary N) is 1. The van der Waals surface area contributed by atoms with Crippen molar-refractivity contribution in [3.05, 3.63) is 0 Å². The minimum atomic E-state index is -0.659. The number of primary amides is 1. The maximum absolute atomic E-state index is 13.0. The second kappa shape index (κ2) is 10.2. The summed E-state index contributed by atoms with van der Waals surface area (Å²) < 4.78 is 0. The van der Waals surface area contributed by atoms with E-state index in [0.717, 1.165) is 38.8 Å². The third-order valence-corrected chi connectivity index (χ3v) is 6.47. The van der Waals surface area contributed by atoms with Crippen LogP contribution in [0.1, 0.15) is 51.4 Å². The van der Waals surface area contributed by atoms with Gasteiger partial charge in [0.2, 0.25) is 17.7 Å². The molecule has 3 fully saturated rings. The molecule has 0 spiro atoms. The summed E-state index contributed by atoms with van der Waals surface area (Å²) in [4.78, 5) is 39.7. The zero-order valence-corrected chi connectivity index (χ0v) is 16.8. The third kappa shape index (κ3) is 5.44. The third-order valence-electron chi connectivity index (χ3n) is 6.47. The Morgan fingerprint density at radius 2 is 1.71 bits per heavy atom. The smallest absolute Gasteiger partial charge is 0.244 e. The summed E-state index contributed by atoms with van der Waals surface area (Å²) in [5.41, 5.74) is 5.59. The Morgan fingerprint density at radius 3 is 2.39 bits per heavy atom. The maximum atomic E-state index is 13.0. The van der Waals surface area contributed by atoms with Crippen LogP contribution in [0.25, 0.3) is 0 Å². The van der Waals surface area contributed by atoms with Crippen molar-refractivity contribution in [2.45, 2.75) is 63.5 Å². The van der Waals surface area contributed by atoms with Gasteiger partial charge in [0.15, 0.2) is 0 Å². The zero-order chi connectivity index (χ0) is 19.9. The lowest BCUT2D eigenvalue weighted by molar-refractivity contribution is -0.146. The number of amides is 3. The molecule has 158 valence electrons. The van der Waals surface area contributed by atoms with Gasteiger partial charge >= 0.3 is 0 Å². The van der Waals surface area contributed by atoms with Gasteiger partial charge in [0.05, 0.1) is 0 Å². The molecular formula is C20H35N5O3. The number of hydrogen-bond acceptors (Lipinski definition) is 5. The average Bonchev–Trinajstić information content (AvgIpc) is 2.74. The lowest BCUT2D eigenvalue weighted by Crippen LogP contribution is -2.62. The highest BCUT2D eigenvalue weighted by atomic mass is 16.2. The molecule has 8 heteroatoms. The van der Waals surface area contributed by atoms with Crippen LogP contribution >= 0.6 is 0 Å². The molecule has 0 unspecified atom stereocenters. The standard InChI is InChI=1S/C20H35N5O3/c21-18(26)16(12-14-4-2-1-3-5-14)24-19(27)17-13-23-10-11-25(17)20(28)15-6-8-22-9-7-15/h14-17,22-23H,1-13H2,(H2,21,26)(H,24,27)/t16-,17+/m0/s1. The molecule has 3 rings (SSSR count). The van der Waals surface area contributed by atoms with E-state index in [9.17, 15) is 14.4 Å². The fourth-order valence-electron chi connectivity index (χ4n) is 4.78. The van der Waals surface area contributed by atoms with Gasteiger partial charge in [-0.1, -0.05) is 32.1 Å². The number of piperidine rings is 1. The lowest BCUT2D eigenvalue weighted by atomic mass is 9.84. The molecule has 3 aliphatic rings. The van der Waals surface area contributed by atoms with E-state index < -0.39 is 18.0 Å². The number of nitrogens with one attached hydrogen (secondary N) is 3. The monoisotopic (exact) mass is 393 g/mol. The molecule has 5 N–H and O–H groups in total. The van der Waals surface area contributed by atoms with Crippen LogP contribution in [0, 0.1) is 11.8 Å². The minimum absolute atomic E-state index is 0.0242. The second-order valence-corrected chi connectivity index (χ2v) is 8.48. The number of carbonyl (C=O) groups excluding carboxylic acids is 3. The molecule has 2 saturated heterocycles. The van der Waals surface area contributed by atoms with E-state index in [-0.39, 0.29) is 17.7 Å². The van der Waals surface area contributed by atoms with Crippen LogP contribution in [0.3, 0.4) is 0 Å². The number of nitrogens with zero attached hydrogens (tertiary/aromatic N) is 1. The normalized spacial score (nSPS) is 25.9. The summed E-state index contributed by atoms with van der Waals surface area (Å²) >= 11 is 0. The number of carbonyl (C=O) groups is 3. The van der Waals surface area contributed by atoms with Crippen molar-refractivity contribution in [3.63, 3.8) is 0 Å². The van der Waals surface area contributed by atoms with E-state index in [4.69, 9.17) is 5.73 Å². The second-order valence-electron chi connectivity index (χ2n) is 8.48. The molecule has 3 amide bonds. The summed E-state index contributed by atoms with van der Waals surface area (Å²) in [6.45, 7) is 3.29. The van der Waals surface area contributed by atoms with Gasteiger partial charge in [-0.25, -0.2) is 0 Å². The van der Waals surface area contributed by atoms with E-state index in [0.29, 0.717) is 32.0 Å². The van der Waals surface area contributed by atoms with E-state index >= 15 is 0 Å². The summed E-state index contributed by atoms with van der Waals surface area (Å²) in [5.74, 6) is -0.286. The van der Waals surface area contributed by atoms with E-state index in [1.54, 1.807) is 4.90 Å². The first kappa shape index (κ1) is 21.0. The Balaban J connectivity index is 1.61. The largest absolute Gasteiger partial charge is 0.368 e. The van der Waals surface area contributed by atoms with E-state index in [1.807, 2.05) is 0 Å². The van der Waals surface area contributed by atoms with Gasteiger partial charge in [-0.3, -0.25) is 14.4 Å². The molecule has 0 aromatic rings. The van der Waals surface area contributed by atoms with Gasteiger partial charge < -0.3 is 26.6 Å². The van der Waals surface area contributed by atoms with Crippen molar-refractivity contribution in [2.75, 3.05) is 32.7 Å². The van der Waals surface area contributed by atoms with Crippen LogP contribution in [0.5, 0.6) is 0 Å². The van der Waals surface area contributed by atoms with Crippen molar-refractivity contribution >= 4 is 17.7 Å². The van der Waals surface area contributed by atoms with Gasteiger partial charge in [-0.05, 0) is 38.3 Å². The van der Waals surface area contributed by atoms with E-state index in [1.165, 1.54) is 19.3 Å². The van der Waals surface area contributed by atoms with Crippen LogP contribution in [0.4, 0.5) is 0 Å². The highest BCUT2D eigenvalue weighted by Crippen LogP contribution is 2.27. The van der Waals surface area contributed by atoms with Crippen molar-refractivity contribution in [2.24, 2.45) is 17.6 Å². The topological polar surface area (TPSA) is 117 Å². The highest BCUT2D eigenvalue weighted by molar-refractivity contribution is 5.92. The molecule has 0 radical (unpaired) electrons. The fourth-order valence-corrected chi connectivity index (χ4v) is 4.78. The summed E-state index contributed by atoms with van der Waals surface area (Å²) in [7, 11) is 0. The Bertz CT molecular complexity index is 558. The van der Waals surface area contributed by atoms with Gasteiger partial charge in [-0.2, -0.15) is 0 Å². The number of rotatable bonds is 6.